The smallest absolute Gasteiger partial charge is 0.335 e. The number of benzene rings is 2. The number of nitrogens with one attached hydrogen (secondary N) is 2. The molecule has 3 N–H and O–H groups in total. The van der Waals surface area contributed by atoms with Gasteiger partial charge in [-0.3, -0.25) is 0 Å². The van der Waals surface area contributed by atoms with Gasteiger partial charge in [-0.25, -0.2) is 17.9 Å². The molecule has 0 heterocycles. The van der Waals surface area contributed by atoms with E-state index in [1.807, 2.05) is 30.3 Å². The van der Waals surface area contributed by atoms with Crippen molar-refractivity contribution >= 4 is 21.7 Å². The van der Waals surface area contributed by atoms with E-state index in [1.165, 1.54) is 18.6 Å². The van der Waals surface area contributed by atoms with E-state index in [-0.39, 0.29) is 16.5 Å². The summed E-state index contributed by atoms with van der Waals surface area (Å²) in [5.41, 5.74) is 1.23. The molecule has 7 heteroatoms. The molecule has 2 aromatic rings. The maximum absolute atomic E-state index is 13.1. The Morgan fingerprint density at radius 1 is 1.07 bits per heavy atom. The highest BCUT2D eigenvalue weighted by molar-refractivity contribution is 7.89. The van der Waals surface area contributed by atoms with Crippen molar-refractivity contribution in [1.82, 2.24) is 4.72 Å². The standard InChI is InChI=1S/C21H26N2O4S/c1-15(16-8-4-2-5-9-16)23-28(26,27)20-14-17(21(24)25)12-13-19(20)22-18-10-6-3-7-11-18/h2,4-5,8-9,12-15,18,22-23H,3,6-7,10-11H2,1H3,(H,24,25)/t15-/m1/s1. The highest BCUT2D eigenvalue weighted by Crippen LogP contribution is 2.28. The summed E-state index contributed by atoms with van der Waals surface area (Å²) in [7, 11) is -3.92. The summed E-state index contributed by atoms with van der Waals surface area (Å²) in [6.45, 7) is 1.77. The van der Waals surface area contributed by atoms with E-state index in [0.717, 1.165) is 31.2 Å². The van der Waals surface area contributed by atoms with Gasteiger partial charge in [-0.05, 0) is 43.5 Å². The SMILES string of the molecule is C[C@@H](NS(=O)(=O)c1cc(C(=O)O)ccc1NC1CCCCC1)c1ccccc1. The van der Waals surface area contributed by atoms with E-state index in [9.17, 15) is 18.3 Å². The summed E-state index contributed by atoms with van der Waals surface area (Å²) in [4.78, 5) is 11.4. The second-order valence-electron chi connectivity index (χ2n) is 7.25. The van der Waals surface area contributed by atoms with Gasteiger partial charge in [-0.15, -0.1) is 0 Å². The number of hydrogen-bond donors (Lipinski definition) is 3. The quantitative estimate of drug-likeness (QED) is 0.646. The van der Waals surface area contributed by atoms with Gasteiger partial charge in [0.25, 0.3) is 0 Å². The van der Waals surface area contributed by atoms with Crippen molar-refractivity contribution in [3.8, 4) is 0 Å². The molecule has 0 aromatic heterocycles. The van der Waals surface area contributed by atoms with Gasteiger partial charge < -0.3 is 10.4 Å². The first-order valence-corrected chi connectivity index (χ1v) is 11.1. The molecule has 0 spiro atoms. The Balaban J connectivity index is 1.91. The third kappa shape index (κ3) is 4.91. The first kappa shape index (κ1) is 20.4. The summed E-state index contributed by atoms with van der Waals surface area (Å²) in [5.74, 6) is -1.16. The van der Waals surface area contributed by atoms with Crippen LogP contribution in [0.5, 0.6) is 0 Å². The molecular weight excluding hydrogens is 376 g/mol. The van der Waals surface area contributed by atoms with Gasteiger partial charge in [0.15, 0.2) is 0 Å². The molecule has 0 saturated heterocycles. The zero-order valence-corrected chi connectivity index (χ0v) is 16.7. The average Bonchev–Trinajstić information content (AvgIpc) is 2.69. The van der Waals surface area contributed by atoms with Crippen molar-refractivity contribution < 1.29 is 18.3 Å². The van der Waals surface area contributed by atoms with Crippen molar-refractivity contribution in [2.24, 2.45) is 0 Å². The van der Waals surface area contributed by atoms with Crippen LogP contribution in [-0.4, -0.2) is 25.5 Å². The van der Waals surface area contributed by atoms with Crippen LogP contribution >= 0.6 is 0 Å². The fourth-order valence-corrected chi connectivity index (χ4v) is 5.00. The van der Waals surface area contributed by atoms with Crippen LogP contribution < -0.4 is 10.0 Å². The van der Waals surface area contributed by atoms with Crippen molar-refractivity contribution in [3.63, 3.8) is 0 Å². The average molecular weight is 403 g/mol. The molecule has 0 bridgehead atoms. The third-order valence-corrected chi connectivity index (χ3v) is 6.70. The molecule has 1 aliphatic rings. The molecule has 150 valence electrons. The molecule has 1 fully saturated rings. The number of carboxylic acid groups (broad SMARTS) is 1. The Morgan fingerprint density at radius 2 is 1.75 bits per heavy atom. The van der Waals surface area contributed by atoms with Gasteiger partial charge in [0.05, 0.1) is 11.3 Å². The van der Waals surface area contributed by atoms with Gasteiger partial charge in [-0.1, -0.05) is 49.6 Å². The zero-order valence-electron chi connectivity index (χ0n) is 15.9. The van der Waals surface area contributed by atoms with Crippen molar-refractivity contribution in [1.29, 1.82) is 0 Å². The minimum Gasteiger partial charge on any atom is -0.478 e. The molecule has 1 atom stereocenters. The van der Waals surface area contributed by atoms with Gasteiger partial charge >= 0.3 is 5.97 Å². The molecule has 1 saturated carbocycles. The van der Waals surface area contributed by atoms with Gasteiger partial charge in [0.2, 0.25) is 10.0 Å². The monoisotopic (exact) mass is 402 g/mol. The molecule has 0 radical (unpaired) electrons. The molecule has 2 aromatic carbocycles. The number of rotatable bonds is 7. The first-order chi connectivity index (χ1) is 13.4. The van der Waals surface area contributed by atoms with Crippen molar-refractivity contribution in [3.05, 3.63) is 59.7 Å². The van der Waals surface area contributed by atoms with Crippen LogP contribution in [0.2, 0.25) is 0 Å². The second-order valence-corrected chi connectivity index (χ2v) is 8.93. The predicted molar refractivity (Wildman–Crippen MR) is 109 cm³/mol. The summed E-state index contributed by atoms with van der Waals surface area (Å²) >= 11 is 0. The highest BCUT2D eigenvalue weighted by Gasteiger charge is 2.25. The number of anilines is 1. The van der Waals surface area contributed by atoms with E-state index in [0.29, 0.717) is 5.69 Å². The molecule has 0 aliphatic heterocycles. The fraction of sp³-hybridized carbons (Fsp3) is 0.381. The number of carboxylic acids is 1. The normalized spacial score (nSPS) is 16.5. The van der Waals surface area contributed by atoms with Crippen LogP contribution in [0.15, 0.2) is 53.4 Å². The Kier molecular flexibility index (Phi) is 6.36. The van der Waals surface area contributed by atoms with Crippen LogP contribution in [0.25, 0.3) is 0 Å². The van der Waals surface area contributed by atoms with E-state index in [2.05, 4.69) is 10.0 Å². The zero-order chi connectivity index (χ0) is 20.1. The molecule has 0 unspecified atom stereocenters. The molecule has 3 rings (SSSR count). The van der Waals surface area contributed by atoms with Crippen molar-refractivity contribution in [2.75, 3.05) is 5.32 Å². The van der Waals surface area contributed by atoms with Crippen LogP contribution in [0.4, 0.5) is 5.69 Å². The number of hydrogen-bond acceptors (Lipinski definition) is 4. The molecule has 28 heavy (non-hydrogen) atoms. The van der Waals surface area contributed by atoms with Gasteiger partial charge in [0, 0.05) is 12.1 Å². The summed E-state index contributed by atoms with van der Waals surface area (Å²) < 4.78 is 28.9. The number of aromatic carboxylic acids is 1. The highest BCUT2D eigenvalue weighted by atomic mass is 32.2. The Bertz CT molecular complexity index is 923. The predicted octanol–water partition coefficient (Wildman–Crippen LogP) is 4.17. The summed E-state index contributed by atoms with van der Waals surface area (Å²) in [5, 5.41) is 12.6. The first-order valence-electron chi connectivity index (χ1n) is 9.58. The number of carbonyl (C=O) groups is 1. The fourth-order valence-electron chi connectivity index (χ4n) is 3.57. The number of sulfonamides is 1. The Hall–Kier alpha value is -2.38. The minimum atomic E-state index is -3.92. The molecular formula is C21H26N2O4S. The maximum Gasteiger partial charge on any atom is 0.335 e. The lowest BCUT2D eigenvalue weighted by Gasteiger charge is -2.25. The van der Waals surface area contributed by atoms with E-state index in [4.69, 9.17) is 0 Å². The lowest BCUT2D eigenvalue weighted by molar-refractivity contribution is 0.0696. The van der Waals surface area contributed by atoms with Gasteiger partial charge in [0.1, 0.15) is 4.90 Å². The summed E-state index contributed by atoms with van der Waals surface area (Å²) in [6, 6.07) is 13.2. The lowest BCUT2D eigenvalue weighted by atomic mass is 9.95. The summed E-state index contributed by atoms with van der Waals surface area (Å²) in [6.07, 6.45) is 5.37. The van der Waals surface area contributed by atoms with Gasteiger partial charge in [-0.2, -0.15) is 0 Å². The Labute approximate surface area is 166 Å². The largest absolute Gasteiger partial charge is 0.478 e. The van der Waals surface area contributed by atoms with E-state index in [1.54, 1.807) is 13.0 Å². The lowest BCUT2D eigenvalue weighted by Crippen LogP contribution is -2.29. The topological polar surface area (TPSA) is 95.5 Å². The van der Waals surface area contributed by atoms with Crippen LogP contribution in [0, 0.1) is 0 Å². The minimum absolute atomic E-state index is 0.0271. The molecule has 1 aliphatic carbocycles. The molecule has 6 nitrogen and oxygen atoms in total. The maximum atomic E-state index is 13.1. The van der Waals surface area contributed by atoms with Crippen molar-refractivity contribution in [2.45, 2.75) is 56.0 Å². The van der Waals surface area contributed by atoms with Crippen LogP contribution in [0.3, 0.4) is 0 Å². The van der Waals surface area contributed by atoms with Crippen LogP contribution in [-0.2, 0) is 10.0 Å². The molecule has 0 amide bonds. The van der Waals surface area contributed by atoms with Crippen LogP contribution in [0.1, 0.15) is 61.0 Å². The van der Waals surface area contributed by atoms with E-state index < -0.39 is 22.0 Å². The van der Waals surface area contributed by atoms with E-state index >= 15 is 0 Å². The third-order valence-electron chi connectivity index (χ3n) is 5.11. The second kappa shape index (κ2) is 8.75. The Morgan fingerprint density at radius 3 is 2.39 bits per heavy atom.